The third kappa shape index (κ3) is 24.3. The van der Waals surface area contributed by atoms with Gasteiger partial charge in [-0.2, -0.15) is 0 Å². The summed E-state index contributed by atoms with van der Waals surface area (Å²) in [6, 6.07) is 2.48. The highest BCUT2D eigenvalue weighted by atomic mass is 33.5. The molecule has 0 aliphatic heterocycles. The molecule has 4 nitrogen and oxygen atoms in total. The van der Waals surface area contributed by atoms with Crippen molar-refractivity contribution in [3.05, 3.63) is 0 Å². The van der Waals surface area contributed by atoms with E-state index in [-0.39, 0.29) is 10.8 Å². The highest BCUT2D eigenvalue weighted by molar-refractivity contribution is 9.09. The van der Waals surface area contributed by atoms with E-state index in [9.17, 15) is 0 Å². The molecule has 0 spiro atoms. The van der Waals surface area contributed by atoms with Gasteiger partial charge in [-0.3, -0.25) is 0 Å². The van der Waals surface area contributed by atoms with Crippen LogP contribution in [0.15, 0.2) is 0 Å². The largest absolute Gasteiger partial charge is 0.354 e. The van der Waals surface area contributed by atoms with Crippen LogP contribution in [0.3, 0.4) is 0 Å². The first-order valence-corrected chi connectivity index (χ1v) is 24.8. The van der Waals surface area contributed by atoms with Gasteiger partial charge in [0.1, 0.15) is 10.8 Å². The molecule has 9 heteroatoms. The summed E-state index contributed by atoms with van der Waals surface area (Å²) in [5.41, 5.74) is -0.481. The summed E-state index contributed by atoms with van der Waals surface area (Å²) in [6.07, 6.45) is 19.1. The third-order valence-electron chi connectivity index (χ3n) is 7.38. The van der Waals surface area contributed by atoms with Gasteiger partial charge in [-0.1, -0.05) is 127 Å². The lowest BCUT2D eigenvalue weighted by Crippen LogP contribution is -2.43. The fourth-order valence-corrected chi connectivity index (χ4v) is 12.6. The molecule has 0 heterocycles. The van der Waals surface area contributed by atoms with Gasteiger partial charge in [0.2, 0.25) is 0 Å². The highest BCUT2D eigenvalue weighted by Gasteiger charge is 2.31. The minimum atomic E-state index is -0.414. The Morgan fingerprint density at radius 1 is 0.439 bits per heavy atom. The van der Waals surface area contributed by atoms with Gasteiger partial charge in [-0.05, 0) is 61.2 Å². The first-order chi connectivity index (χ1) is 20.1. The lowest BCUT2D eigenvalue weighted by molar-refractivity contribution is -0.186. The third-order valence-corrected chi connectivity index (χ3v) is 15.8. The maximum atomic E-state index is 6.54. The van der Waals surface area contributed by atoms with Gasteiger partial charge in [0.05, 0.1) is 19.0 Å². The van der Waals surface area contributed by atoms with E-state index in [1.54, 1.807) is 0 Å². The lowest BCUT2D eigenvalue weighted by atomic mass is 10.2. The summed E-state index contributed by atoms with van der Waals surface area (Å²) in [5.74, 6) is 2.34. The Bertz CT molecular complexity index is 467. The zero-order chi connectivity index (χ0) is 30.3. The van der Waals surface area contributed by atoms with Crippen LogP contribution in [0.1, 0.15) is 144 Å². The van der Waals surface area contributed by atoms with Crippen molar-refractivity contribution in [3.63, 3.8) is 0 Å². The van der Waals surface area contributed by atoms with Crippen molar-refractivity contribution in [3.8, 4) is 0 Å². The monoisotopic (exact) mass is 670 g/mol. The minimum Gasteiger partial charge on any atom is -0.354 e. The Kier molecular flexibility index (Phi) is 32.3. The summed E-state index contributed by atoms with van der Waals surface area (Å²) < 4.78 is 26.2. The number of rotatable bonds is 34. The zero-order valence-corrected chi connectivity index (χ0v) is 33.5. The molecular weight excluding hydrogens is 601 g/mol. The van der Waals surface area contributed by atoms with Crippen molar-refractivity contribution in [2.24, 2.45) is 0 Å². The van der Waals surface area contributed by atoms with Crippen molar-refractivity contribution < 1.29 is 18.9 Å². The molecule has 0 amide bonds. The van der Waals surface area contributed by atoms with Gasteiger partial charge in [-0.15, -0.1) is 0 Å². The van der Waals surface area contributed by atoms with E-state index in [1.165, 1.54) is 87.8 Å². The van der Waals surface area contributed by atoms with E-state index in [0.29, 0.717) is 0 Å². The van der Waals surface area contributed by atoms with Crippen LogP contribution in [0.5, 0.6) is 0 Å². The SMILES string of the molecule is CCCCCOC(CCCSSSCCCC(OCCCCC)(OCCCCC)[SiH2]CC)(OCCCCC)[SiH2]CC. The van der Waals surface area contributed by atoms with Gasteiger partial charge in [-0.25, -0.2) is 0 Å². The molecule has 0 aromatic rings. The Morgan fingerprint density at radius 3 is 1.02 bits per heavy atom. The molecule has 0 bridgehead atoms. The van der Waals surface area contributed by atoms with Crippen molar-refractivity contribution in [1.82, 2.24) is 0 Å². The Morgan fingerprint density at radius 2 is 0.756 bits per heavy atom. The van der Waals surface area contributed by atoms with Crippen LogP contribution in [0, 0.1) is 0 Å². The minimum absolute atomic E-state index is 0.241. The maximum Gasteiger partial charge on any atom is 0.145 e. The number of hydrogen-bond donors (Lipinski definition) is 0. The normalized spacial score (nSPS) is 13.0. The molecule has 0 fully saturated rings. The van der Waals surface area contributed by atoms with Gasteiger partial charge >= 0.3 is 0 Å². The summed E-state index contributed by atoms with van der Waals surface area (Å²) in [5, 5.41) is 0. The Balaban J connectivity index is 4.56. The second kappa shape index (κ2) is 31.3. The van der Waals surface area contributed by atoms with E-state index in [4.69, 9.17) is 18.9 Å². The maximum absolute atomic E-state index is 6.54. The Labute approximate surface area is 273 Å². The molecule has 0 saturated heterocycles. The molecule has 0 aromatic heterocycles. The molecule has 0 aliphatic carbocycles. The van der Waals surface area contributed by atoms with Crippen LogP contribution in [0.2, 0.25) is 12.1 Å². The first-order valence-electron chi connectivity index (χ1n) is 17.5. The number of hydrogen-bond acceptors (Lipinski definition) is 7. The second-order valence-electron chi connectivity index (χ2n) is 11.5. The van der Waals surface area contributed by atoms with Crippen LogP contribution < -0.4 is 0 Å². The van der Waals surface area contributed by atoms with E-state index >= 15 is 0 Å². The van der Waals surface area contributed by atoms with Crippen molar-refractivity contribution in [2.45, 2.75) is 167 Å². The predicted octanol–water partition coefficient (Wildman–Crippen LogP) is 9.93. The topological polar surface area (TPSA) is 36.9 Å². The standard InChI is InChI=1S/C32H70O4S3Si2/c1-7-13-17-25-33-31(40-11-5,34-26-18-14-8-2)23-21-29-37-39-38-30-22-24-32(41-12-6,35-27-19-15-9-3)36-28-20-16-10-4/h7-30,40-41H2,1-6H3. The lowest BCUT2D eigenvalue weighted by Gasteiger charge is -2.34. The van der Waals surface area contributed by atoms with Crippen LogP contribution >= 0.6 is 31.4 Å². The average Bonchev–Trinajstić information content (AvgIpc) is 2.97. The van der Waals surface area contributed by atoms with Gasteiger partial charge in [0.25, 0.3) is 0 Å². The molecule has 0 unspecified atom stereocenters. The van der Waals surface area contributed by atoms with E-state index in [1.807, 2.05) is 31.4 Å². The predicted molar refractivity (Wildman–Crippen MR) is 196 cm³/mol. The summed E-state index contributed by atoms with van der Waals surface area (Å²) in [6.45, 7) is 17.1. The van der Waals surface area contributed by atoms with Crippen LogP contribution in [-0.2, 0) is 18.9 Å². The average molecular weight is 671 g/mol. The quantitative estimate of drug-likeness (QED) is 0.0292. The number of ether oxygens (including phenoxy) is 4. The number of unbranched alkanes of at least 4 members (excludes halogenated alkanes) is 8. The molecule has 0 radical (unpaired) electrons. The molecule has 248 valence electrons. The van der Waals surface area contributed by atoms with E-state index < -0.39 is 19.0 Å². The molecule has 0 rings (SSSR count). The first kappa shape index (κ1) is 42.3. The van der Waals surface area contributed by atoms with Crippen molar-refractivity contribution in [1.29, 1.82) is 0 Å². The highest BCUT2D eigenvalue weighted by Crippen LogP contribution is 2.37. The Hall–Kier alpha value is 1.32. The molecule has 0 N–H and O–H groups in total. The fourth-order valence-electron chi connectivity index (χ4n) is 5.02. The van der Waals surface area contributed by atoms with Crippen LogP contribution in [0.25, 0.3) is 0 Å². The van der Waals surface area contributed by atoms with Crippen molar-refractivity contribution in [2.75, 3.05) is 37.9 Å². The van der Waals surface area contributed by atoms with Crippen molar-refractivity contribution >= 4 is 50.5 Å². The van der Waals surface area contributed by atoms with Crippen LogP contribution in [0.4, 0.5) is 0 Å². The summed E-state index contributed by atoms with van der Waals surface area (Å²) >= 11 is 0. The van der Waals surface area contributed by atoms with Crippen LogP contribution in [-0.4, -0.2) is 67.8 Å². The second-order valence-corrected chi connectivity index (χ2v) is 21.1. The van der Waals surface area contributed by atoms with E-state index in [0.717, 1.165) is 65.0 Å². The zero-order valence-electron chi connectivity index (χ0n) is 28.2. The van der Waals surface area contributed by atoms with Gasteiger partial charge < -0.3 is 18.9 Å². The molecule has 0 saturated carbocycles. The van der Waals surface area contributed by atoms with E-state index in [2.05, 4.69) is 41.5 Å². The summed E-state index contributed by atoms with van der Waals surface area (Å²) in [4.78, 5) is 0. The smallest absolute Gasteiger partial charge is 0.145 e. The van der Waals surface area contributed by atoms with Gasteiger partial charge in [0.15, 0.2) is 0 Å². The molecule has 0 aliphatic rings. The molecular formula is C32H70O4S3Si2. The molecule has 0 aromatic carbocycles. The summed E-state index contributed by atoms with van der Waals surface area (Å²) in [7, 11) is 5.17. The van der Waals surface area contributed by atoms with Gasteiger partial charge in [0, 0.05) is 37.9 Å². The fraction of sp³-hybridized carbons (Fsp3) is 1.00. The molecule has 41 heavy (non-hydrogen) atoms. The molecule has 0 atom stereocenters.